The van der Waals surface area contributed by atoms with Crippen molar-refractivity contribution < 1.29 is 18.7 Å². The monoisotopic (exact) mass is 371 g/mol. The number of carbonyl (C=O) groups is 2. The molecular formula is C20H22FN3O3. The van der Waals surface area contributed by atoms with E-state index in [0.717, 1.165) is 0 Å². The van der Waals surface area contributed by atoms with E-state index in [9.17, 15) is 14.0 Å². The molecule has 2 aromatic carbocycles. The van der Waals surface area contributed by atoms with Gasteiger partial charge >= 0.3 is 6.03 Å². The molecule has 3 rings (SSSR count). The normalized spacial score (nSPS) is 14.0. The number of carbonyl (C=O) groups excluding carboxylic acids is 2. The molecule has 7 heteroatoms. The molecule has 0 spiro atoms. The number of piperazine rings is 1. The third kappa shape index (κ3) is 4.55. The van der Waals surface area contributed by atoms with E-state index in [0.29, 0.717) is 49.8 Å². The predicted molar refractivity (Wildman–Crippen MR) is 101 cm³/mol. The summed E-state index contributed by atoms with van der Waals surface area (Å²) in [5.41, 5.74) is 1.06. The molecule has 1 saturated heterocycles. The van der Waals surface area contributed by atoms with Crippen LogP contribution in [-0.2, 0) is 0 Å². The number of ether oxygens (including phenoxy) is 1. The van der Waals surface area contributed by atoms with Gasteiger partial charge in [-0.05, 0) is 43.3 Å². The summed E-state index contributed by atoms with van der Waals surface area (Å²) in [5, 5.41) is 2.86. The molecule has 27 heavy (non-hydrogen) atoms. The maximum atomic E-state index is 13.0. The minimum atomic E-state index is -0.375. The first-order chi connectivity index (χ1) is 13.1. The Hall–Kier alpha value is -3.09. The van der Waals surface area contributed by atoms with E-state index in [2.05, 4.69) is 5.32 Å². The first-order valence-corrected chi connectivity index (χ1v) is 8.91. The Labute approximate surface area is 157 Å². The molecule has 0 atom stereocenters. The van der Waals surface area contributed by atoms with Crippen molar-refractivity contribution in [2.24, 2.45) is 0 Å². The lowest BCUT2D eigenvalue weighted by molar-refractivity contribution is 0.0671. The Bertz CT molecular complexity index is 802. The van der Waals surface area contributed by atoms with E-state index in [1.54, 1.807) is 21.9 Å². The number of nitrogens with zero attached hydrogens (tertiary/aromatic N) is 2. The number of benzene rings is 2. The average Bonchev–Trinajstić information content (AvgIpc) is 2.70. The Morgan fingerprint density at radius 2 is 1.63 bits per heavy atom. The van der Waals surface area contributed by atoms with Crippen molar-refractivity contribution in [2.75, 3.05) is 38.1 Å². The summed E-state index contributed by atoms with van der Waals surface area (Å²) in [6.45, 7) is 4.10. The molecule has 1 N–H and O–H groups in total. The van der Waals surface area contributed by atoms with Crippen LogP contribution >= 0.6 is 0 Å². The average molecular weight is 371 g/mol. The summed E-state index contributed by atoms with van der Waals surface area (Å²) in [6, 6.07) is 12.5. The maximum absolute atomic E-state index is 13.0. The van der Waals surface area contributed by atoms with Crippen molar-refractivity contribution in [2.45, 2.75) is 6.92 Å². The van der Waals surface area contributed by atoms with Gasteiger partial charge in [0.25, 0.3) is 5.91 Å². The fraction of sp³-hybridized carbons (Fsp3) is 0.300. The van der Waals surface area contributed by atoms with Gasteiger partial charge in [-0.15, -0.1) is 0 Å². The van der Waals surface area contributed by atoms with E-state index in [1.807, 2.05) is 19.1 Å². The predicted octanol–water partition coefficient (Wildman–Crippen LogP) is 3.21. The van der Waals surface area contributed by atoms with Crippen LogP contribution in [0, 0.1) is 5.82 Å². The molecule has 1 fully saturated rings. The number of halogens is 1. The largest absolute Gasteiger partial charge is 0.492 e. The standard InChI is InChI=1S/C20H22FN3O3/c1-2-27-18-6-4-3-5-17(18)22-20(26)24-13-11-23(12-14-24)19(25)15-7-9-16(21)10-8-15/h3-10H,2,11-14H2,1H3,(H,22,26). The lowest BCUT2D eigenvalue weighted by Crippen LogP contribution is -2.51. The zero-order chi connectivity index (χ0) is 19.2. The van der Waals surface area contributed by atoms with E-state index in [-0.39, 0.29) is 17.8 Å². The Morgan fingerprint density at radius 1 is 1.00 bits per heavy atom. The Kier molecular flexibility index (Phi) is 5.90. The van der Waals surface area contributed by atoms with Crippen LogP contribution in [0.15, 0.2) is 48.5 Å². The highest BCUT2D eigenvalue weighted by Crippen LogP contribution is 2.24. The van der Waals surface area contributed by atoms with E-state index >= 15 is 0 Å². The van der Waals surface area contributed by atoms with Crippen LogP contribution in [-0.4, -0.2) is 54.5 Å². The first-order valence-electron chi connectivity index (χ1n) is 8.91. The van der Waals surface area contributed by atoms with Gasteiger partial charge in [0, 0.05) is 31.7 Å². The molecule has 0 unspecified atom stereocenters. The number of anilines is 1. The first kappa shape index (κ1) is 18.7. The molecule has 0 aliphatic carbocycles. The smallest absolute Gasteiger partial charge is 0.322 e. The highest BCUT2D eigenvalue weighted by molar-refractivity contribution is 5.95. The number of hydrogen-bond acceptors (Lipinski definition) is 3. The summed E-state index contributed by atoms with van der Waals surface area (Å²) in [4.78, 5) is 28.3. The van der Waals surface area contributed by atoms with Crippen LogP contribution in [0.2, 0.25) is 0 Å². The van der Waals surface area contributed by atoms with Crippen LogP contribution in [0.1, 0.15) is 17.3 Å². The number of amides is 3. The molecule has 0 aromatic heterocycles. The lowest BCUT2D eigenvalue weighted by atomic mass is 10.2. The summed E-state index contributed by atoms with van der Waals surface area (Å²) in [6.07, 6.45) is 0. The topological polar surface area (TPSA) is 61.9 Å². The van der Waals surface area contributed by atoms with Crippen LogP contribution in [0.5, 0.6) is 5.75 Å². The van der Waals surface area contributed by atoms with Crippen molar-refractivity contribution in [3.8, 4) is 5.75 Å². The van der Waals surface area contributed by atoms with Gasteiger partial charge in [-0.25, -0.2) is 9.18 Å². The maximum Gasteiger partial charge on any atom is 0.322 e. The molecule has 1 heterocycles. The zero-order valence-corrected chi connectivity index (χ0v) is 15.2. The van der Waals surface area contributed by atoms with E-state index in [1.165, 1.54) is 24.3 Å². The van der Waals surface area contributed by atoms with Crippen molar-refractivity contribution in [1.29, 1.82) is 0 Å². The van der Waals surface area contributed by atoms with E-state index < -0.39 is 0 Å². The summed E-state index contributed by atoms with van der Waals surface area (Å²) < 4.78 is 18.5. The van der Waals surface area contributed by atoms with Crippen LogP contribution in [0.25, 0.3) is 0 Å². The van der Waals surface area contributed by atoms with Crippen LogP contribution in [0.3, 0.4) is 0 Å². The summed E-state index contributed by atoms with van der Waals surface area (Å²) in [5.74, 6) is 0.0931. The van der Waals surface area contributed by atoms with Gasteiger partial charge in [-0.3, -0.25) is 4.79 Å². The van der Waals surface area contributed by atoms with Gasteiger partial charge in [0.15, 0.2) is 0 Å². The molecule has 3 amide bonds. The minimum absolute atomic E-state index is 0.156. The Balaban J connectivity index is 1.56. The second-order valence-corrected chi connectivity index (χ2v) is 6.15. The van der Waals surface area contributed by atoms with Gasteiger partial charge in [-0.2, -0.15) is 0 Å². The summed E-state index contributed by atoms with van der Waals surface area (Å²) in [7, 11) is 0. The number of rotatable bonds is 4. The van der Waals surface area contributed by atoms with Gasteiger partial charge in [0.1, 0.15) is 11.6 Å². The summed E-state index contributed by atoms with van der Waals surface area (Å²) >= 11 is 0. The van der Waals surface area contributed by atoms with Crippen molar-refractivity contribution in [3.05, 3.63) is 59.9 Å². The van der Waals surface area contributed by atoms with Crippen molar-refractivity contribution in [1.82, 2.24) is 9.80 Å². The number of nitrogens with one attached hydrogen (secondary N) is 1. The third-order valence-corrected chi connectivity index (χ3v) is 4.37. The van der Waals surface area contributed by atoms with E-state index in [4.69, 9.17) is 4.74 Å². The fourth-order valence-corrected chi connectivity index (χ4v) is 2.93. The molecule has 0 bridgehead atoms. The van der Waals surface area contributed by atoms with Crippen LogP contribution < -0.4 is 10.1 Å². The number of hydrogen-bond donors (Lipinski definition) is 1. The molecule has 2 aromatic rings. The lowest BCUT2D eigenvalue weighted by Gasteiger charge is -2.34. The highest BCUT2D eigenvalue weighted by Gasteiger charge is 2.25. The minimum Gasteiger partial charge on any atom is -0.492 e. The molecule has 1 aliphatic heterocycles. The van der Waals surface area contributed by atoms with Gasteiger partial charge in [-0.1, -0.05) is 12.1 Å². The second-order valence-electron chi connectivity index (χ2n) is 6.15. The Morgan fingerprint density at radius 3 is 2.30 bits per heavy atom. The SMILES string of the molecule is CCOc1ccccc1NC(=O)N1CCN(C(=O)c2ccc(F)cc2)CC1. The van der Waals surface area contributed by atoms with Crippen molar-refractivity contribution in [3.63, 3.8) is 0 Å². The molecule has 0 radical (unpaired) electrons. The molecule has 6 nitrogen and oxygen atoms in total. The number of urea groups is 1. The highest BCUT2D eigenvalue weighted by atomic mass is 19.1. The molecular weight excluding hydrogens is 349 g/mol. The molecule has 1 aliphatic rings. The van der Waals surface area contributed by atoms with Crippen LogP contribution in [0.4, 0.5) is 14.9 Å². The quantitative estimate of drug-likeness (QED) is 0.898. The second kappa shape index (κ2) is 8.53. The van der Waals surface area contributed by atoms with Gasteiger partial charge in [0.05, 0.1) is 12.3 Å². The number of para-hydroxylation sites is 2. The third-order valence-electron chi connectivity index (χ3n) is 4.37. The molecule has 142 valence electrons. The van der Waals surface area contributed by atoms with Gasteiger partial charge in [0.2, 0.25) is 0 Å². The zero-order valence-electron chi connectivity index (χ0n) is 15.2. The van der Waals surface area contributed by atoms with Crippen molar-refractivity contribution >= 4 is 17.6 Å². The molecule has 0 saturated carbocycles. The fourth-order valence-electron chi connectivity index (χ4n) is 2.93. The van der Waals surface area contributed by atoms with Gasteiger partial charge < -0.3 is 19.9 Å².